The van der Waals surface area contributed by atoms with Crippen molar-refractivity contribution in [3.8, 4) is 0 Å². The second-order valence-electron chi connectivity index (χ2n) is 4.60. The zero-order chi connectivity index (χ0) is 15.5. The standard InChI is InChI=1S/C15H15Cl3N2O/c1-2-13(21)20-14(15(16,17)18)19-12-8-7-10-5-3-4-6-11(10)9-12/h3-9,14,19H,2H2,1H3,(H,20,21)/t14-/m0/s1. The fraction of sp³-hybridized carbons (Fsp3) is 0.267. The highest BCUT2D eigenvalue weighted by Gasteiger charge is 2.33. The summed E-state index contributed by atoms with van der Waals surface area (Å²) in [5.74, 6) is -0.195. The number of anilines is 1. The van der Waals surface area contributed by atoms with E-state index in [1.165, 1.54) is 0 Å². The molecule has 2 aromatic rings. The predicted octanol–water partition coefficient (Wildman–Crippen LogP) is 4.47. The van der Waals surface area contributed by atoms with Gasteiger partial charge >= 0.3 is 0 Å². The molecule has 0 spiro atoms. The molecule has 0 aliphatic heterocycles. The van der Waals surface area contributed by atoms with E-state index in [9.17, 15) is 4.79 Å². The summed E-state index contributed by atoms with van der Waals surface area (Å²) in [5.41, 5.74) is 0.765. The molecule has 3 nitrogen and oxygen atoms in total. The SMILES string of the molecule is CCC(=O)N[C@H](Nc1ccc2ccccc2c1)C(Cl)(Cl)Cl. The lowest BCUT2D eigenvalue weighted by molar-refractivity contribution is -0.121. The highest BCUT2D eigenvalue weighted by atomic mass is 35.6. The Kier molecular flexibility index (Phi) is 5.20. The molecular weight excluding hydrogens is 331 g/mol. The summed E-state index contributed by atoms with van der Waals surface area (Å²) in [4.78, 5) is 11.5. The Balaban J connectivity index is 2.23. The van der Waals surface area contributed by atoms with Crippen LogP contribution in [0.4, 0.5) is 5.69 Å². The van der Waals surface area contributed by atoms with Crippen molar-refractivity contribution >= 4 is 57.2 Å². The van der Waals surface area contributed by atoms with Gasteiger partial charge in [0.2, 0.25) is 9.70 Å². The normalized spacial score (nSPS) is 13.0. The number of amides is 1. The minimum Gasteiger partial charge on any atom is -0.362 e. The zero-order valence-corrected chi connectivity index (χ0v) is 13.6. The Bertz CT molecular complexity index is 640. The summed E-state index contributed by atoms with van der Waals surface area (Å²) in [7, 11) is 0. The van der Waals surface area contributed by atoms with E-state index in [1.54, 1.807) is 6.92 Å². The Morgan fingerprint density at radius 3 is 2.43 bits per heavy atom. The number of halogens is 3. The van der Waals surface area contributed by atoms with Gasteiger partial charge in [-0.05, 0) is 22.9 Å². The van der Waals surface area contributed by atoms with E-state index >= 15 is 0 Å². The molecule has 0 aromatic heterocycles. The molecule has 0 fully saturated rings. The Morgan fingerprint density at radius 2 is 1.81 bits per heavy atom. The summed E-state index contributed by atoms with van der Waals surface area (Å²) in [5, 5.41) is 7.88. The van der Waals surface area contributed by atoms with Gasteiger partial charge in [-0.1, -0.05) is 72.1 Å². The molecule has 0 saturated heterocycles. The molecule has 2 rings (SSSR count). The molecule has 0 aliphatic carbocycles. The lowest BCUT2D eigenvalue weighted by atomic mass is 10.1. The van der Waals surface area contributed by atoms with Crippen LogP contribution in [0.15, 0.2) is 42.5 Å². The zero-order valence-electron chi connectivity index (χ0n) is 11.4. The summed E-state index contributed by atoms with van der Waals surface area (Å²) >= 11 is 17.8. The van der Waals surface area contributed by atoms with Crippen molar-refractivity contribution in [1.29, 1.82) is 0 Å². The van der Waals surface area contributed by atoms with Gasteiger partial charge in [0.05, 0.1) is 0 Å². The van der Waals surface area contributed by atoms with Crippen LogP contribution in [0.25, 0.3) is 10.8 Å². The van der Waals surface area contributed by atoms with Gasteiger partial charge in [0.1, 0.15) is 6.17 Å². The second kappa shape index (κ2) is 6.73. The maximum atomic E-state index is 11.5. The van der Waals surface area contributed by atoms with Crippen LogP contribution in [0, 0.1) is 0 Å². The topological polar surface area (TPSA) is 41.1 Å². The molecule has 6 heteroatoms. The van der Waals surface area contributed by atoms with Gasteiger partial charge in [-0.3, -0.25) is 4.79 Å². The van der Waals surface area contributed by atoms with Crippen molar-refractivity contribution in [3.63, 3.8) is 0 Å². The van der Waals surface area contributed by atoms with Crippen molar-refractivity contribution in [2.24, 2.45) is 0 Å². The van der Waals surface area contributed by atoms with Crippen LogP contribution in [-0.2, 0) is 4.79 Å². The smallest absolute Gasteiger partial charge is 0.228 e. The number of alkyl halides is 3. The summed E-state index contributed by atoms with van der Waals surface area (Å²) in [6.45, 7) is 1.74. The van der Waals surface area contributed by atoms with Crippen molar-refractivity contribution in [2.75, 3.05) is 5.32 Å². The number of carbonyl (C=O) groups excluding carboxylic acids is 1. The van der Waals surface area contributed by atoms with E-state index < -0.39 is 9.96 Å². The number of nitrogens with one attached hydrogen (secondary N) is 2. The molecule has 0 radical (unpaired) electrons. The molecule has 21 heavy (non-hydrogen) atoms. The van der Waals surface area contributed by atoms with Crippen LogP contribution >= 0.6 is 34.8 Å². The number of hydrogen-bond donors (Lipinski definition) is 2. The first-order valence-corrected chi connectivity index (χ1v) is 7.65. The summed E-state index contributed by atoms with van der Waals surface area (Å²) in [6, 6.07) is 13.7. The molecule has 0 saturated carbocycles. The van der Waals surface area contributed by atoms with Gasteiger partial charge in [-0.25, -0.2) is 0 Å². The van der Waals surface area contributed by atoms with Crippen LogP contribution in [0.1, 0.15) is 13.3 Å². The van der Waals surface area contributed by atoms with Crippen LogP contribution in [-0.4, -0.2) is 15.9 Å². The maximum absolute atomic E-state index is 11.5. The van der Waals surface area contributed by atoms with Gasteiger partial charge in [0.15, 0.2) is 0 Å². The number of rotatable bonds is 4. The summed E-state index contributed by atoms with van der Waals surface area (Å²) < 4.78 is -1.66. The third kappa shape index (κ3) is 4.40. The van der Waals surface area contributed by atoms with Crippen LogP contribution in [0.5, 0.6) is 0 Å². The minimum atomic E-state index is -1.66. The maximum Gasteiger partial charge on any atom is 0.228 e. The fourth-order valence-corrected chi connectivity index (χ4v) is 2.24. The van der Waals surface area contributed by atoms with E-state index in [2.05, 4.69) is 10.6 Å². The number of hydrogen-bond acceptors (Lipinski definition) is 2. The highest BCUT2D eigenvalue weighted by Crippen LogP contribution is 2.31. The first kappa shape index (κ1) is 16.2. The van der Waals surface area contributed by atoms with E-state index in [1.807, 2.05) is 42.5 Å². The van der Waals surface area contributed by atoms with Crippen molar-refractivity contribution in [3.05, 3.63) is 42.5 Å². The predicted molar refractivity (Wildman–Crippen MR) is 90.1 cm³/mol. The molecule has 0 unspecified atom stereocenters. The van der Waals surface area contributed by atoms with Gasteiger partial charge in [-0.15, -0.1) is 0 Å². The van der Waals surface area contributed by atoms with Crippen molar-refractivity contribution in [2.45, 2.75) is 23.3 Å². The largest absolute Gasteiger partial charge is 0.362 e. The van der Waals surface area contributed by atoms with Crippen LogP contribution in [0.3, 0.4) is 0 Å². The second-order valence-corrected chi connectivity index (χ2v) is 6.97. The Labute approximate surface area is 138 Å². The van der Waals surface area contributed by atoms with Gasteiger partial charge in [0.25, 0.3) is 0 Å². The number of fused-ring (bicyclic) bond motifs is 1. The Morgan fingerprint density at radius 1 is 1.14 bits per heavy atom. The monoisotopic (exact) mass is 344 g/mol. The van der Waals surface area contributed by atoms with Crippen molar-refractivity contribution < 1.29 is 4.79 Å². The third-order valence-corrected chi connectivity index (χ3v) is 3.67. The summed E-state index contributed by atoms with van der Waals surface area (Å²) in [6.07, 6.45) is -0.493. The third-order valence-electron chi connectivity index (χ3n) is 3.01. The molecule has 0 aliphatic rings. The van der Waals surface area contributed by atoms with Crippen LogP contribution in [0.2, 0.25) is 0 Å². The van der Waals surface area contributed by atoms with E-state index in [0.717, 1.165) is 16.5 Å². The first-order valence-electron chi connectivity index (χ1n) is 6.51. The number of carbonyl (C=O) groups is 1. The van der Waals surface area contributed by atoms with Gasteiger partial charge in [-0.2, -0.15) is 0 Å². The molecule has 0 bridgehead atoms. The van der Waals surface area contributed by atoms with Gasteiger partial charge < -0.3 is 10.6 Å². The molecule has 1 atom stereocenters. The highest BCUT2D eigenvalue weighted by molar-refractivity contribution is 6.68. The van der Waals surface area contributed by atoms with Gasteiger partial charge in [0, 0.05) is 12.1 Å². The average Bonchev–Trinajstić information content (AvgIpc) is 2.45. The molecule has 2 aromatic carbocycles. The van der Waals surface area contributed by atoms with Crippen molar-refractivity contribution in [1.82, 2.24) is 5.32 Å². The van der Waals surface area contributed by atoms with Crippen LogP contribution < -0.4 is 10.6 Å². The minimum absolute atomic E-state index is 0.195. The first-order chi connectivity index (χ1) is 9.90. The lowest BCUT2D eigenvalue weighted by Crippen LogP contribution is -2.48. The quantitative estimate of drug-likeness (QED) is 0.634. The molecule has 112 valence electrons. The van der Waals surface area contributed by atoms with E-state index in [-0.39, 0.29) is 5.91 Å². The lowest BCUT2D eigenvalue weighted by Gasteiger charge is -2.27. The molecule has 2 N–H and O–H groups in total. The van der Waals surface area contributed by atoms with E-state index in [4.69, 9.17) is 34.8 Å². The fourth-order valence-electron chi connectivity index (χ4n) is 1.91. The Hall–Kier alpha value is -1.16. The average molecular weight is 346 g/mol. The molecule has 1 amide bonds. The molecular formula is C15H15Cl3N2O. The molecule has 0 heterocycles. The number of benzene rings is 2. The van der Waals surface area contributed by atoms with E-state index in [0.29, 0.717) is 6.42 Å².